The topological polar surface area (TPSA) is 81.5 Å². The van der Waals surface area contributed by atoms with E-state index in [0.29, 0.717) is 17.0 Å². The van der Waals surface area contributed by atoms with E-state index in [1.807, 2.05) is 19.1 Å². The molecular weight excluding hydrogens is 479 g/mol. The quantitative estimate of drug-likeness (QED) is 0.447. The average Bonchev–Trinajstić information content (AvgIpc) is 2.49. The van der Waals surface area contributed by atoms with Gasteiger partial charge in [0.25, 0.3) is 11.6 Å². The highest BCUT2D eigenvalue weighted by Crippen LogP contribution is 2.33. The van der Waals surface area contributed by atoms with Crippen LogP contribution in [0.3, 0.4) is 0 Å². The number of carbonyl (C=O) groups excluding carboxylic acids is 1. The minimum atomic E-state index is -0.572. The van der Waals surface area contributed by atoms with Gasteiger partial charge in [-0.15, -0.1) is 0 Å². The number of amides is 1. The summed E-state index contributed by atoms with van der Waals surface area (Å²) in [5.74, 6) is 0.166. The minimum absolute atomic E-state index is 0.0432. The van der Waals surface area contributed by atoms with Crippen molar-refractivity contribution < 1.29 is 14.5 Å². The summed E-state index contributed by atoms with van der Waals surface area (Å²) < 4.78 is 7.18. The number of hydrogen-bond donors (Lipinski definition) is 1. The molecule has 9 heteroatoms. The Balaban J connectivity index is 2.09. The van der Waals surface area contributed by atoms with E-state index < -0.39 is 10.8 Å². The van der Waals surface area contributed by atoms with E-state index in [1.54, 1.807) is 6.92 Å². The number of benzene rings is 2. The molecule has 0 spiro atoms. The van der Waals surface area contributed by atoms with Crippen LogP contribution in [0.4, 0.5) is 11.4 Å². The summed E-state index contributed by atoms with van der Waals surface area (Å²) in [5.41, 5.74) is 1.59. The second-order valence-corrected chi connectivity index (χ2v) is 7.42. The number of anilines is 1. The van der Waals surface area contributed by atoms with Gasteiger partial charge in [-0.25, -0.2) is 0 Å². The molecule has 0 aliphatic rings. The molecule has 1 N–H and O–H groups in total. The Hall–Kier alpha value is -1.64. The predicted molar refractivity (Wildman–Crippen MR) is 104 cm³/mol. The summed E-state index contributed by atoms with van der Waals surface area (Å²) in [6, 6.07) is 6.36. The summed E-state index contributed by atoms with van der Waals surface area (Å²) in [7, 11) is 0. The molecule has 25 heavy (non-hydrogen) atoms. The Morgan fingerprint density at radius 1 is 1.24 bits per heavy atom. The van der Waals surface area contributed by atoms with Gasteiger partial charge in [-0.3, -0.25) is 14.9 Å². The lowest BCUT2D eigenvalue weighted by atomic mass is 10.1. The van der Waals surface area contributed by atoms with E-state index in [9.17, 15) is 14.9 Å². The van der Waals surface area contributed by atoms with Gasteiger partial charge in [-0.05, 0) is 59.1 Å². The molecule has 0 aliphatic heterocycles. The summed E-state index contributed by atoms with van der Waals surface area (Å²) in [4.78, 5) is 22.4. The molecule has 2 aromatic carbocycles. The highest BCUT2D eigenvalue weighted by atomic mass is 79.9. The summed E-state index contributed by atoms with van der Waals surface area (Å²) in [5, 5.41) is 13.5. The van der Waals surface area contributed by atoms with Gasteiger partial charge >= 0.3 is 0 Å². The molecular formula is C16H13Br2ClN2O4. The van der Waals surface area contributed by atoms with E-state index in [2.05, 4.69) is 37.2 Å². The van der Waals surface area contributed by atoms with Gasteiger partial charge in [0.15, 0.2) is 6.61 Å². The highest BCUT2D eigenvalue weighted by Gasteiger charge is 2.17. The zero-order chi connectivity index (χ0) is 18.7. The molecule has 132 valence electrons. The van der Waals surface area contributed by atoms with Gasteiger partial charge in [0.2, 0.25) is 0 Å². The van der Waals surface area contributed by atoms with Crippen molar-refractivity contribution in [2.75, 3.05) is 11.9 Å². The number of halogens is 3. The minimum Gasteiger partial charge on any atom is -0.482 e. The van der Waals surface area contributed by atoms with Crippen molar-refractivity contribution in [2.24, 2.45) is 0 Å². The molecule has 0 aliphatic carbocycles. The van der Waals surface area contributed by atoms with Crippen LogP contribution in [-0.2, 0) is 4.79 Å². The third-order valence-corrected chi connectivity index (χ3v) is 4.66. The molecule has 1 amide bonds. The normalized spacial score (nSPS) is 10.4. The Labute approximate surface area is 165 Å². The number of nitro groups is 1. The molecule has 0 atom stereocenters. The SMILES string of the molecule is Cc1cc([N+](=O)[O-])c(Cl)cc1NC(=O)COc1c(C)cc(Br)cc1Br. The van der Waals surface area contributed by atoms with E-state index >= 15 is 0 Å². The predicted octanol–water partition coefficient (Wildman–Crippen LogP) is 5.41. The number of nitrogens with one attached hydrogen (secondary N) is 1. The van der Waals surface area contributed by atoms with Gasteiger partial charge < -0.3 is 10.1 Å². The fourth-order valence-electron chi connectivity index (χ4n) is 2.14. The van der Waals surface area contributed by atoms with Crippen molar-refractivity contribution in [2.45, 2.75) is 13.8 Å². The van der Waals surface area contributed by atoms with Crippen LogP contribution in [-0.4, -0.2) is 17.4 Å². The maximum atomic E-state index is 12.1. The molecule has 0 saturated carbocycles. The monoisotopic (exact) mass is 490 g/mol. The zero-order valence-corrected chi connectivity index (χ0v) is 17.2. The third kappa shape index (κ3) is 4.93. The van der Waals surface area contributed by atoms with E-state index in [0.717, 1.165) is 14.5 Å². The standard InChI is InChI=1S/C16H13Br2ClN2O4/c1-8-4-14(21(23)24)12(19)6-13(8)20-15(22)7-25-16-9(2)3-10(17)5-11(16)18/h3-6H,7H2,1-2H3,(H,20,22). The maximum absolute atomic E-state index is 12.1. The Morgan fingerprint density at radius 3 is 2.52 bits per heavy atom. The average molecular weight is 493 g/mol. The molecule has 0 radical (unpaired) electrons. The second-order valence-electron chi connectivity index (χ2n) is 5.25. The summed E-state index contributed by atoms with van der Waals surface area (Å²) >= 11 is 12.6. The lowest BCUT2D eigenvalue weighted by Gasteiger charge is -2.13. The smallest absolute Gasteiger partial charge is 0.288 e. The number of carbonyl (C=O) groups is 1. The lowest BCUT2D eigenvalue weighted by Crippen LogP contribution is -2.21. The number of ether oxygens (including phenoxy) is 1. The molecule has 0 bridgehead atoms. The van der Waals surface area contributed by atoms with Crippen LogP contribution in [0.1, 0.15) is 11.1 Å². The van der Waals surface area contributed by atoms with Crippen molar-refractivity contribution in [3.8, 4) is 5.75 Å². The second kappa shape index (κ2) is 8.16. The van der Waals surface area contributed by atoms with Crippen LogP contribution in [0.15, 0.2) is 33.2 Å². The fourth-order valence-corrected chi connectivity index (χ4v) is 3.92. The molecule has 2 aromatic rings. The van der Waals surface area contributed by atoms with Crippen LogP contribution in [0.2, 0.25) is 5.02 Å². The molecule has 0 heterocycles. The van der Waals surface area contributed by atoms with Gasteiger partial charge in [0.1, 0.15) is 10.8 Å². The van der Waals surface area contributed by atoms with Gasteiger partial charge in [0.05, 0.1) is 9.40 Å². The number of nitro benzene ring substituents is 1. The number of rotatable bonds is 5. The molecule has 0 aromatic heterocycles. The van der Waals surface area contributed by atoms with E-state index in [1.165, 1.54) is 12.1 Å². The van der Waals surface area contributed by atoms with Gasteiger partial charge in [0, 0.05) is 16.2 Å². The van der Waals surface area contributed by atoms with Crippen molar-refractivity contribution in [1.29, 1.82) is 0 Å². The Bertz CT molecular complexity index is 835. The van der Waals surface area contributed by atoms with E-state index in [4.69, 9.17) is 16.3 Å². The molecule has 6 nitrogen and oxygen atoms in total. The molecule has 2 rings (SSSR count). The van der Waals surface area contributed by atoms with Crippen LogP contribution < -0.4 is 10.1 Å². The van der Waals surface area contributed by atoms with Crippen molar-refractivity contribution in [1.82, 2.24) is 0 Å². The molecule has 0 fully saturated rings. The number of hydrogen-bond acceptors (Lipinski definition) is 4. The summed E-state index contributed by atoms with van der Waals surface area (Å²) in [6.07, 6.45) is 0. The lowest BCUT2D eigenvalue weighted by molar-refractivity contribution is -0.384. The fraction of sp³-hybridized carbons (Fsp3) is 0.188. The molecule has 0 unspecified atom stereocenters. The Morgan fingerprint density at radius 2 is 1.92 bits per heavy atom. The first kappa shape index (κ1) is 19.7. The third-order valence-electron chi connectivity index (χ3n) is 3.31. The number of nitrogens with zero attached hydrogens (tertiary/aromatic N) is 1. The highest BCUT2D eigenvalue weighted by molar-refractivity contribution is 9.11. The van der Waals surface area contributed by atoms with Crippen molar-refractivity contribution in [3.05, 3.63) is 59.5 Å². The van der Waals surface area contributed by atoms with Crippen molar-refractivity contribution >= 4 is 60.7 Å². The largest absolute Gasteiger partial charge is 0.482 e. The maximum Gasteiger partial charge on any atom is 0.288 e. The molecule has 0 saturated heterocycles. The van der Waals surface area contributed by atoms with E-state index in [-0.39, 0.29) is 17.3 Å². The Kier molecular flexibility index (Phi) is 6.42. The van der Waals surface area contributed by atoms with Crippen LogP contribution in [0, 0.1) is 24.0 Å². The number of aryl methyl sites for hydroxylation is 2. The van der Waals surface area contributed by atoms with Crippen LogP contribution in [0.5, 0.6) is 5.75 Å². The van der Waals surface area contributed by atoms with Crippen LogP contribution >= 0.6 is 43.5 Å². The first-order valence-electron chi connectivity index (χ1n) is 7.02. The van der Waals surface area contributed by atoms with Gasteiger partial charge in [-0.1, -0.05) is 27.5 Å². The first-order valence-corrected chi connectivity index (χ1v) is 8.98. The van der Waals surface area contributed by atoms with Crippen molar-refractivity contribution in [3.63, 3.8) is 0 Å². The zero-order valence-electron chi connectivity index (χ0n) is 13.2. The first-order chi connectivity index (χ1) is 11.7. The summed E-state index contributed by atoms with van der Waals surface area (Å²) in [6.45, 7) is 3.30. The van der Waals surface area contributed by atoms with Crippen LogP contribution in [0.25, 0.3) is 0 Å². The van der Waals surface area contributed by atoms with Gasteiger partial charge in [-0.2, -0.15) is 0 Å².